The first kappa shape index (κ1) is 22.9. The highest BCUT2D eigenvalue weighted by Crippen LogP contribution is 2.31. The van der Waals surface area contributed by atoms with Crippen molar-refractivity contribution in [3.05, 3.63) is 101 Å². The van der Waals surface area contributed by atoms with Crippen LogP contribution in [-0.4, -0.2) is 40.9 Å². The van der Waals surface area contributed by atoms with Crippen molar-refractivity contribution in [2.45, 2.75) is 50.9 Å². The first-order valence-electron chi connectivity index (χ1n) is 12.3. The number of halogens is 1. The summed E-state index contributed by atoms with van der Waals surface area (Å²) in [6.07, 6.45) is 3.72. The Morgan fingerprint density at radius 3 is 2.47 bits per heavy atom. The van der Waals surface area contributed by atoms with Gasteiger partial charge in [0.1, 0.15) is 0 Å². The van der Waals surface area contributed by atoms with Crippen LogP contribution >= 0.6 is 11.6 Å². The highest BCUT2D eigenvalue weighted by molar-refractivity contribution is 6.31. The third kappa shape index (κ3) is 5.29. The van der Waals surface area contributed by atoms with Crippen molar-refractivity contribution < 1.29 is 4.79 Å². The standard InChI is InChI=1S/C29H32ClN3O/c30-27-12-6-4-10-23(27)18-29(34)32-20-24-11-5-7-13-28(24)31-17-16-25-14-15-26(21-32)33(25)19-22-8-2-1-3-9-22/h1-13,25-26,31H,14-21H2/t25-,26+/m0/s1. The summed E-state index contributed by atoms with van der Waals surface area (Å²) in [5.41, 5.74) is 4.52. The summed E-state index contributed by atoms with van der Waals surface area (Å²) in [5.74, 6) is 0.130. The van der Waals surface area contributed by atoms with Crippen molar-refractivity contribution in [2.75, 3.05) is 18.4 Å². The van der Waals surface area contributed by atoms with E-state index in [0.29, 0.717) is 30.1 Å². The Bertz CT molecular complexity index is 1120. The zero-order valence-electron chi connectivity index (χ0n) is 19.5. The number of carbonyl (C=O) groups is 1. The number of para-hydroxylation sites is 1. The molecule has 34 heavy (non-hydrogen) atoms. The average Bonchev–Trinajstić information content (AvgIpc) is 3.21. The number of hydrogen-bond donors (Lipinski definition) is 1. The smallest absolute Gasteiger partial charge is 0.227 e. The fourth-order valence-electron chi connectivity index (χ4n) is 5.41. The van der Waals surface area contributed by atoms with Gasteiger partial charge in [-0.2, -0.15) is 0 Å². The zero-order chi connectivity index (χ0) is 23.3. The monoisotopic (exact) mass is 473 g/mol. The van der Waals surface area contributed by atoms with Gasteiger partial charge in [-0.15, -0.1) is 0 Å². The van der Waals surface area contributed by atoms with Gasteiger partial charge in [-0.3, -0.25) is 9.69 Å². The summed E-state index contributed by atoms with van der Waals surface area (Å²) < 4.78 is 0. The van der Waals surface area contributed by atoms with Crippen molar-refractivity contribution in [3.63, 3.8) is 0 Å². The third-order valence-corrected chi connectivity index (χ3v) is 7.60. The topological polar surface area (TPSA) is 35.6 Å². The molecule has 5 heteroatoms. The molecule has 1 fully saturated rings. The van der Waals surface area contributed by atoms with E-state index in [0.717, 1.165) is 43.7 Å². The van der Waals surface area contributed by atoms with Crippen molar-refractivity contribution in [1.29, 1.82) is 0 Å². The molecule has 3 aromatic carbocycles. The molecule has 2 aliphatic heterocycles. The Balaban J connectivity index is 1.43. The van der Waals surface area contributed by atoms with Crippen LogP contribution in [-0.2, 0) is 24.3 Å². The van der Waals surface area contributed by atoms with Gasteiger partial charge in [0, 0.05) is 49.0 Å². The number of nitrogens with zero attached hydrogens (tertiary/aromatic N) is 2. The SMILES string of the molecule is O=C(Cc1ccccc1Cl)N1Cc2ccccc2NCC[C@@H]2CC[C@H](C1)N2Cc1ccccc1. The second kappa shape index (κ2) is 10.6. The molecule has 2 atom stereocenters. The van der Waals surface area contributed by atoms with Crippen LogP contribution in [0.5, 0.6) is 0 Å². The molecule has 3 aromatic rings. The molecule has 1 saturated heterocycles. The lowest BCUT2D eigenvalue weighted by atomic mass is 10.1. The number of anilines is 1. The Morgan fingerprint density at radius 1 is 0.882 bits per heavy atom. The number of amides is 1. The molecular formula is C29H32ClN3O. The maximum Gasteiger partial charge on any atom is 0.227 e. The highest BCUT2D eigenvalue weighted by Gasteiger charge is 2.35. The van der Waals surface area contributed by atoms with Gasteiger partial charge in [0.05, 0.1) is 6.42 Å². The van der Waals surface area contributed by atoms with Crippen LogP contribution in [0.2, 0.25) is 5.02 Å². The molecule has 0 radical (unpaired) electrons. The van der Waals surface area contributed by atoms with Crippen molar-refractivity contribution in [1.82, 2.24) is 9.80 Å². The molecule has 1 N–H and O–H groups in total. The summed E-state index contributed by atoms with van der Waals surface area (Å²) in [6.45, 7) is 3.21. The molecule has 2 heterocycles. The lowest BCUT2D eigenvalue weighted by Gasteiger charge is -2.34. The summed E-state index contributed by atoms with van der Waals surface area (Å²) in [4.78, 5) is 18.3. The molecular weight excluding hydrogens is 442 g/mol. The first-order chi connectivity index (χ1) is 16.7. The average molecular weight is 474 g/mol. The minimum Gasteiger partial charge on any atom is -0.385 e. The van der Waals surface area contributed by atoms with E-state index in [1.54, 1.807) is 0 Å². The molecule has 0 unspecified atom stereocenters. The first-order valence-corrected chi connectivity index (χ1v) is 12.7. The van der Waals surface area contributed by atoms with Gasteiger partial charge >= 0.3 is 0 Å². The molecule has 5 rings (SSSR count). The number of fused-ring (bicyclic) bond motifs is 3. The Kier molecular flexibility index (Phi) is 7.17. The number of rotatable bonds is 4. The summed E-state index contributed by atoms with van der Waals surface area (Å²) in [5, 5.41) is 4.32. The van der Waals surface area contributed by atoms with Gasteiger partial charge in [0.2, 0.25) is 5.91 Å². The van der Waals surface area contributed by atoms with Gasteiger partial charge in [-0.25, -0.2) is 0 Å². The van der Waals surface area contributed by atoms with E-state index in [2.05, 4.69) is 69.7 Å². The maximum atomic E-state index is 13.6. The van der Waals surface area contributed by atoms with E-state index in [1.165, 1.54) is 17.5 Å². The van der Waals surface area contributed by atoms with Crippen LogP contribution in [0.25, 0.3) is 0 Å². The van der Waals surface area contributed by atoms with Gasteiger partial charge in [-0.1, -0.05) is 78.3 Å². The van der Waals surface area contributed by atoms with E-state index in [4.69, 9.17) is 11.6 Å². The second-order valence-corrected chi connectivity index (χ2v) is 9.87. The van der Waals surface area contributed by atoms with E-state index in [1.807, 2.05) is 24.3 Å². The number of benzene rings is 3. The summed E-state index contributed by atoms with van der Waals surface area (Å²) in [7, 11) is 0. The second-order valence-electron chi connectivity index (χ2n) is 9.46. The molecule has 0 aromatic heterocycles. The van der Waals surface area contributed by atoms with Crippen LogP contribution in [0.4, 0.5) is 5.69 Å². The van der Waals surface area contributed by atoms with E-state index >= 15 is 0 Å². The molecule has 0 aliphatic carbocycles. The molecule has 176 valence electrons. The van der Waals surface area contributed by atoms with Gasteiger partial charge < -0.3 is 10.2 Å². The number of nitrogens with one attached hydrogen (secondary N) is 1. The molecule has 0 spiro atoms. The minimum absolute atomic E-state index is 0.130. The predicted molar refractivity (Wildman–Crippen MR) is 139 cm³/mol. The normalized spacial score (nSPS) is 20.8. The molecule has 2 bridgehead atoms. The fourth-order valence-corrected chi connectivity index (χ4v) is 5.61. The molecule has 0 saturated carbocycles. The minimum atomic E-state index is 0.130. The highest BCUT2D eigenvalue weighted by atomic mass is 35.5. The van der Waals surface area contributed by atoms with E-state index < -0.39 is 0 Å². The quantitative estimate of drug-likeness (QED) is 0.523. The Hall–Kier alpha value is -2.82. The summed E-state index contributed by atoms with van der Waals surface area (Å²) in [6, 6.07) is 27.6. The molecule has 4 nitrogen and oxygen atoms in total. The van der Waals surface area contributed by atoms with Crippen molar-refractivity contribution in [2.24, 2.45) is 0 Å². The van der Waals surface area contributed by atoms with Crippen LogP contribution < -0.4 is 5.32 Å². The molecule has 2 aliphatic rings. The van der Waals surface area contributed by atoms with Crippen LogP contribution in [0.1, 0.15) is 36.0 Å². The zero-order valence-corrected chi connectivity index (χ0v) is 20.3. The number of hydrogen-bond acceptors (Lipinski definition) is 3. The summed E-state index contributed by atoms with van der Waals surface area (Å²) >= 11 is 6.40. The Morgan fingerprint density at radius 2 is 1.62 bits per heavy atom. The van der Waals surface area contributed by atoms with Crippen molar-refractivity contribution >= 4 is 23.2 Å². The van der Waals surface area contributed by atoms with Crippen LogP contribution in [0.15, 0.2) is 78.9 Å². The lowest BCUT2D eigenvalue weighted by molar-refractivity contribution is -0.132. The largest absolute Gasteiger partial charge is 0.385 e. The maximum absolute atomic E-state index is 13.6. The lowest BCUT2D eigenvalue weighted by Crippen LogP contribution is -2.45. The van der Waals surface area contributed by atoms with Crippen molar-refractivity contribution in [3.8, 4) is 0 Å². The van der Waals surface area contributed by atoms with Crippen LogP contribution in [0.3, 0.4) is 0 Å². The van der Waals surface area contributed by atoms with E-state index in [-0.39, 0.29) is 5.91 Å². The van der Waals surface area contributed by atoms with Gasteiger partial charge in [-0.05, 0) is 48.1 Å². The van der Waals surface area contributed by atoms with Gasteiger partial charge in [0.25, 0.3) is 0 Å². The van der Waals surface area contributed by atoms with Crippen LogP contribution in [0, 0.1) is 0 Å². The predicted octanol–water partition coefficient (Wildman–Crippen LogP) is 5.76. The number of carbonyl (C=O) groups excluding carboxylic acids is 1. The Labute approximate surface area is 207 Å². The van der Waals surface area contributed by atoms with E-state index in [9.17, 15) is 4.79 Å². The fraction of sp³-hybridized carbons (Fsp3) is 0.345. The molecule has 1 amide bonds. The van der Waals surface area contributed by atoms with Gasteiger partial charge in [0.15, 0.2) is 0 Å². The third-order valence-electron chi connectivity index (χ3n) is 7.23.